The molecule has 0 unspecified atom stereocenters. The molecule has 6 heteroatoms. The largest absolute Gasteiger partial charge is 0.383 e. The maximum atomic E-state index is 11.5. The van der Waals surface area contributed by atoms with E-state index in [2.05, 4.69) is 5.10 Å². The summed E-state index contributed by atoms with van der Waals surface area (Å²) in [5.41, 5.74) is 0.673. The zero-order valence-electron chi connectivity index (χ0n) is 9.05. The number of methoxy groups -OCH3 is 1. The predicted octanol–water partition coefficient (Wildman–Crippen LogP) is -0.165. The average molecular weight is 223 g/mol. The minimum Gasteiger partial charge on any atom is -0.383 e. The number of nitrogens with zero attached hydrogens (tertiary/aromatic N) is 3. The number of ketones is 1. The topological polar surface area (TPSA) is 64.4 Å². The molecule has 0 spiro atoms. The number of Topliss-reactive ketones (excluding diaryl/α,β-unsaturated/α-hetero) is 1. The van der Waals surface area contributed by atoms with E-state index in [9.17, 15) is 9.59 Å². The Hall–Kier alpha value is -1.69. The molecule has 1 aliphatic rings. The number of carbonyl (C=O) groups is 2. The Morgan fingerprint density at radius 1 is 1.50 bits per heavy atom. The van der Waals surface area contributed by atoms with Gasteiger partial charge in [0.2, 0.25) is 5.91 Å². The van der Waals surface area contributed by atoms with Gasteiger partial charge < -0.3 is 9.64 Å². The molecule has 0 atom stereocenters. The van der Waals surface area contributed by atoms with E-state index in [4.69, 9.17) is 4.74 Å². The minimum atomic E-state index is -0.156. The first-order valence-electron chi connectivity index (χ1n) is 5.04. The van der Waals surface area contributed by atoms with Crippen LogP contribution in [-0.2, 0) is 20.9 Å². The van der Waals surface area contributed by atoms with Crippen molar-refractivity contribution in [2.45, 2.75) is 13.0 Å². The van der Waals surface area contributed by atoms with Gasteiger partial charge in [0.25, 0.3) is 0 Å². The lowest BCUT2D eigenvalue weighted by atomic mass is 10.3. The van der Waals surface area contributed by atoms with Crippen molar-refractivity contribution in [1.29, 1.82) is 0 Å². The molecule has 1 amide bonds. The van der Waals surface area contributed by atoms with Gasteiger partial charge in [-0.1, -0.05) is 0 Å². The normalized spacial score (nSPS) is 16.2. The summed E-state index contributed by atoms with van der Waals surface area (Å²) in [4.78, 5) is 24.0. The van der Waals surface area contributed by atoms with Gasteiger partial charge in [-0.15, -0.1) is 0 Å². The summed E-state index contributed by atoms with van der Waals surface area (Å²) in [5.74, 6) is -0.203. The van der Waals surface area contributed by atoms with E-state index < -0.39 is 0 Å². The monoisotopic (exact) mass is 223 g/mol. The molecule has 1 saturated heterocycles. The van der Waals surface area contributed by atoms with Gasteiger partial charge in [0.15, 0.2) is 5.78 Å². The Kier molecular flexibility index (Phi) is 3.00. The first-order chi connectivity index (χ1) is 7.70. The summed E-state index contributed by atoms with van der Waals surface area (Å²) in [6, 6.07) is 0. The van der Waals surface area contributed by atoms with Crippen molar-refractivity contribution < 1.29 is 14.3 Å². The highest BCUT2D eigenvalue weighted by Gasteiger charge is 2.29. The number of ether oxygens (including phenoxy) is 1. The Morgan fingerprint density at radius 2 is 2.31 bits per heavy atom. The van der Waals surface area contributed by atoms with Crippen LogP contribution >= 0.6 is 0 Å². The third-order valence-corrected chi connectivity index (χ3v) is 2.44. The summed E-state index contributed by atoms with van der Waals surface area (Å²) in [6.07, 6.45) is 3.34. The fourth-order valence-corrected chi connectivity index (χ4v) is 1.62. The molecule has 0 bridgehead atoms. The van der Waals surface area contributed by atoms with Crippen molar-refractivity contribution in [3.05, 3.63) is 12.4 Å². The first-order valence-corrected chi connectivity index (χ1v) is 5.04. The van der Waals surface area contributed by atoms with Gasteiger partial charge in [-0.2, -0.15) is 5.10 Å². The molecular weight excluding hydrogens is 210 g/mol. The van der Waals surface area contributed by atoms with E-state index in [-0.39, 0.29) is 24.7 Å². The van der Waals surface area contributed by atoms with Gasteiger partial charge >= 0.3 is 0 Å². The molecule has 6 nitrogen and oxygen atoms in total. The summed E-state index contributed by atoms with van der Waals surface area (Å²) in [5, 5.41) is 4.09. The fourth-order valence-electron chi connectivity index (χ4n) is 1.62. The van der Waals surface area contributed by atoms with Crippen LogP contribution < -0.4 is 4.90 Å². The fraction of sp³-hybridized carbons (Fsp3) is 0.500. The van der Waals surface area contributed by atoms with Crippen molar-refractivity contribution in [2.24, 2.45) is 0 Å². The summed E-state index contributed by atoms with van der Waals surface area (Å²) in [7, 11) is 1.62. The van der Waals surface area contributed by atoms with Crippen LogP contribution in [0, 0.1) is 0 Å². The second-order valence-electron chi connectivity index (χ2n) is 3.65. The molecule has 1 aromatic rings. The van der Waals surface area contributed by atoms with Gasteiger partial charge in [0, 0.05) is 13.3 Å². The van der Waals surface area contributed by atoms with Crippen LogP contribution in [0.4, 0.5) is 5.69 Å². The van der Waals surface area contributed by atoms with Crippen LogP contribution in [0.25, 0.3) is 0 Å². The number of amides is 1. The van der Waals surface area contributed by atoms with E-state index in [1.165, 1.54) is 4.90 Å². The minimum absolute atomic E-state index is 0.00323. The molecule has 0 aromatic carbocycles. The third kappa shape index (κ3) is 2.11. The number of hydrogen-bond donors (Lipinski definition) is 0. The molecule has 1 aromatic heterocycles. The number of rotatable bonds is 4. The molecule has 16 heavy (non-hydrogen) atoms. The van der Waals surface area contributed by atoms with Gasteiger partial charge in [-0.25, -0.2) is 0 Å². The maximum Gasteiger partial charge on any atom is 0.235 e. The Bertz CT molecular complexity index is 413. The van der Waals surface area contributed by atoms with Crippen molar-refractivity contribution in [3.8, 4) is 0 Å². The molecule has 86 valence electrons. The second-order valence-corrected chi connectivity index (χ2v) is 3.65. The van der Waals surface area contributed by atoms with E-state index in [1.807, 2.05) is 0 Å². The standard InChI is InChI=1S/C10H13N3O3/c1-16-3-2-12-6-8(5-11-12)13-7-9(14)4-10(13)15/h5-6H,2-4,7H2,1H3. The van der Waals surface area contributed by atoms with Crippen LogP contribution in [0.3, 0.4) is 0 Å². The smallest absolute Gasteiger partial charge is 0.235 e. The quantitative estimate of drug-likeness (QED) is 0.665. The van der Waals surface area contributed by atoms with Crippen LogP contribution in [0.1, 0.15) is 6.42 Å². The van der Waals surface area contributed by atoms with Crippen LogP contribution in [0.2, 0.25) is 0 Å². The SMILES string of the molecule is COCCn1cc(N2CC(=O)CC2=O)cn1. The average Bonchev–Trinajstić information content (AvgIpc) is 2.82. The highest BCUT2D eigenvalue weighted by atomic mass is 16.5. The lowest BCUT2D eigenvalue weighted by molar-refractivity contribution is -0.121. The molecule has 1 aliphatic heterocycles. The molecule has 2 rings (SSSR count). The molecule has 0 radical (unpaired) electrons. The number of aromatic nitrogens is 2. The maximum absolute atomic E-state index is 11.5. The highest BCUT2D eigenvalue weighted by Crippen LogP contribution is 2.18. The second kappa shape index (κ2) is 4.44. The van der Waals surface area contributed by atoms with Gasteiger partial charge in [0.1, 0.15) is 0 Å². The van der Waals surface area contributed by atoms with Gasteiger partial charge in [0.05, 0.1) is 38.0 Å². The zero-order chi connectivity index (χ0) is 11.5. The molecule has 0 aliphatic carbocycles. The molecule has 1 fully saturated rings. The number of anilines is 1. The van der Waals surface area contributed by atoms with E-state index >= 15 is 0 Å². The van der Waals surface area contributed by atoms with Crippen LogP contribution in [0.15, 0.2) is 12.4 Å². The lowest BCUT2D eigenvalue weighted by Crippen LogP contribution is -2.24. The van der Waals surface area contributed by atoms with E-state index in [0.29, 0.717) is 18.8 Å². The van der Waals surface area contributed by atoms with Crippen molar-refractivity contribution >= 4 is 17.4 Å². The molecular formula is C10H13N3O3. The van der Waals surface area contributed by atoms with Crippen molar-refractivity contribution in [2.75, 3.05) is 25.2 Å². The Morgan fingerprint density at radius 3 is 2.94 bits per heavy atom. The summed E-state index contributed by atoms with van der Waals surface area (Å²) in [6.45, 7) is 1.36. The Labute approximate surface area is 92.8 Å². The van der Waals surface area contributed by atoms with E-state index in [0.717, 1.165) is 0 Å². The van der Waals surface area contributed by atoms with Crippen molar-refractivity contribution in [3.63, 3.8) is 0 Å². The predicted molar refractivity (Wildman–Crippen MR) is 56.1 cm³/mol. The van der Waals surface area contributed by atoms with Gasteiger partial charge in [-0.3, -0.25) is 14.3 Å². The lowest BCUT2D eigenvalue weighted by Gasteiger charge is -2.10. The van der Waals surface area contributed by atoms with Crippen LogP contribution in [-0.4, -0.2) is 41.7 Å². The molecule has 0 saturated carbocycles. The molecule has 2 heterocycles. The summed E-state index contributed by atoms with van der Waals surface area (Å²) < 4.78 is 6.61. The highest BCUT2D eigenvalue weighted by molar-refractivity contribution is 6.14. The molecule has 0 N–H and O–H groups in total. The zero-order valence-corrected chi connectivity index (χ0v) is 9.05. The van der Waals surface area contributed by atoms with Crippen LogP contribution in [0.5, 0.6) is 0 Å². The Balaban J connectivity index is 2.07. The van der Waals surface area contributed by atoms with Crippen molar-refractivity contribution in [1.82, 2.24) is 9.78 Å². The third-order valence-electron chi connectivity index (χ3n) is 2.44. The van der Waals surface area contributed by atoms with E-state index in [1.54, 1.807) is 24.2 Å². The number of carbonyl (C=O) groups excluding carboxylic acids is 2. The number of hydrogen-bond acceptors (Lipinski definition) is 4. The van der Waals surface area contributed by atoms with Gasteiger partial charge in [-0.05, 0) is 0 Å². The summed E-state index contributed by atoms with van der Waals surface area (Å²) >= 11 is 0. The first kappa shape index (κ1) is 10.8.